The zero-order chi connectivity index (χ0) is 18.8. The summed E-state index contributed by atoms with van der Waals surface area (Å²) in [6.07, 6.45) is 1.12. The van der Waals surface area contributed by atoms with E-state index in [0.717, 1.165) is 23.4 Å². The molecule has 2 aromatic carbocycles. The monoisotopic (exact) mass is 356 g/mol. The van der Waals surface area contributed by atoms with Crippen LogP contribution in [-0.4, -0.2) is 39.2 Å². The molecule has 0 aliphatic carbocycles. The Labute approximate surface area is 153 Å². The van der Waals surface area contributed by atoms with Gasteiger partial charge in [0, 0.05) is 25.2 Å². The molecule has 2 aromatic rings. The highest BCUT2D eigenvalue weighted by atomic mass is 16.5. The van der Waals surface area contributed by atoms with E-state index in [1.165, 1.54) is 7.11 Å². The summed E-state index contributed by atoms with van der Waals surface area (Å²) in [6, 6.07) is 14.8. The molecule has 138 valence electrons. The van der Waals surface area contributed by atoms with E-state index >= 15 is 0 Å². The first-order valence-corrected chi connectivity index (χ1v) is 8.44. The SMILES string of the molecule is COC(=O)c1cccc(NCCC(=O)NCCc2ccc(OC)cc2)c1. The van der Waals surface area contributed by atoms with Crippen LogP contribution in [0.1, 0.15) is 22.3 Å². The van der Waals surface area contributed by atoms with E-state index in [1.54, 1.807) is 25.3 Å². The van der Waals surface area contributed by atoms with Crippen molar-refractivity contribution in [2.24, 2.45) is 0 Å². The van der Waals surface area contributed by atoms with Gasteiger partial charge in [-0.25, -0.2) is 4.79 Å². The highest BCUT2D eigenvalue weighted by Crippen LogP contribution is 2.12. The van der Waals surface area contributed by atoms with Crippen molar-refractivity contribution < 1.29 is 19.1 Å². The van der Waals surface area contributed by atoms with Crippen LogP contribution in [0.15, 0.2) is 48.5 Å². The molecule has 2 rings (SSSR count). The Balaban J connectivity index is 1.68. The van der Waals surface area contributed by atoms with E-state index in [0.29, 0.717) is 25.1 Å². The minimum absolute atomic E-state index is 0.0184. The van der Waals surface area contributed by atoms with Crippen LogP contribution in [0, 0.1) is 0 Å². The third-order valence-corrected chi connectivity index (χ3v) is 3.86. The number of carbonyl (C=O) groups is 2. The average molecular weight is 356 g/mol. The largest absolute Gasteiger partial charge is 0.497 e. The predicted octanol–water partition coefficient (Wildman–Crippen LogP) is 2.64. The van der Waals surface area contributed by atoms with E-state index in [4.69, 9.17) is 4.74 Å². The summed E-state index contributed by atoms with van der Waals surface area (Å²) in [5.41, 5.74) is 2.39. The summed E-state index contributed by atoms with van der Waals surface area (Å²) in [5.74, 6) is 0.417. The van der Waals surface area contributed by atoms with Gasteiger partial charge in [0.1, 0.15) is 5.75 Å². The van der Waals surface area contributed by atoms with Crippen LogP contribution in [0.2, 0.25) is 0 Å². The maximum atomic E-state index is 11.9. The highest BCUT2D eigenvalue weighted by molar-refractivity contribution is 5.90. The molecule has 0 aliphatic heterocycles. The van der Waals surface area contributed by atoms with Crippen LogP contribution in [-0.2, 0) is 16.0 Å². The van der Waals surface area contributed by atoms with Gasteiger partial charge in [-0.15, -0.1) is 0 Å². The van der Waals surface area contributed by atoms with E-state index in [2.05, 4.69) is 15.4 Å². The van der Waals surface area contributed by atoms with Crippen molar-refractivity contribution in [1.29, 1.82) is 0 Å². The molecule has 0 saturated heterocycles. The maximum absolute atomic E-state index is 11.9. The molecule has 0 aliphatic rings. The molecule has 6 nitrogen and oxygen atoms in total. The second-order valence-corrected chi connectivity index (χ2v) is 5.70. The van der Waals surface area contributed by atoms with Crippen LogP contribution in [0.25, 0.3) is 0 Å². The molecule has 0 heterocycles. The van der Waals surface area contributed by atoms with Crippen LogP contribution in [0.4, 0.5) is 5.69 Å². The van der Waals surface area contributed by atoms with Gasteiger partial charge in [0.05, 0.1) is 19.8 Å². The minimum Gasteiger partial charge on any atom is -0.497 e. The van der Waals surface area contributed by atoms with E-state index < -0.39 is 0 Å². The van der Waals surface area contributed by atoms with Crippen molar-refractivity contribution in [2.75, 3.05) is 32.6 Å². The summed E-state index contributed by atoms with van der Waals surface area (Å²) in [7, 11) is 2.98. The topological polar surface area (TPSA) is 76.7 Å². The summed E-state index contributed by atoms with van der Waals surface area (Å²) < 4.78 is 9.81. The number of hydrogen-bond donors (Lipinski definition) is 2. The maximum Gasteiger partial charge on any atom is 0.337 e. The fourth-order valence-electron chi connectivity index (χ4n) is 2.42. The van der Waals surface area contributed by atoms with Gasteiger partial charge in [0.15, 0.2) is 0 Å². The zero-order valence-corrected chi connectivity index (χ0v) is 15.1. The number of methoxy groups -OCH3 is 2. The van der Waals surface area contributed by atoms with Gasteiger partial charge in [-0.05, 0) is 42.3 Å². The van der Waals surface area contributed by atoms with E-state index in [1.807, 2.05) is 30.3 Å². The van der Waals surface area contributed by atoms with E-state index in [9.17, 15) is 9.59 Å². The molecule has 26 heavy (non-hydrogen) atoms. The normalized spacial score (nSPS) is 10.1. The number of carbonyl (C=O) groups excluding carboxylic acids is 2. The van der Waals surface area contributed by atoms with Gasteiger partial charge in [0.2, 0.25) is 5.91 Å². The van der Waals surface area contributed by atoms with Crippen LogP contribution in [0.5, 0.6) is 5.75 Å². The Bertz CT molecular complexity index is 729. The van der Waals surface area contributed by atoms with Crippen LogP contribution < -0.4 is 15.4 Å². The first kappa shape index (κ1) is 19.3. The lowest BCUT2D eigenvalue weighted by molar-refractivity contribution is -0.120. The predicted molar refractivity (Wildman–Crippen MR) is 101 cm³/mol. The van der Waals surface area contributed by atoms with Crippen molar-refractivity contribution in [2.45, 2.75) is 12.8 Å². The molecule has 0 saturated carbocycles. The molecule has 2 N–H and O–H groups in total. The Morgan fingerprint density at radius 1 is 1.00 bits per heavy atom. The lowest BCUT2D eigenvalue weighted by atomic mass is 10.1. The van der Waals surface area contributed by atoms with Crippen molar-refractivity contribution >= 4 is 17.6 Å². The molecule has 0 bridgehead atoms. The van der Waals surface area contributed by atoms with Gasteiger partial charge in [-0.3, -0.25) is 4.79 Å². The van der Waals surface area contributed by atoms with Crippen LogP contribution in [0.3, 0.4) is 0 Å². The average Bonchev–Trinajstić information content (AvgIpc) is 2.68. The lowest BCUT2D eigenvalue weighted by Gasteiger charge is -2.09. The molecule has 0 spiro atoms. The van der Waals surface area contributed by atoms with Crippen molar-refractivity contribution in [1.82, 2.24) is 5.32 Å². The van der Waals surface area contributed by atoms with Gasteiger partial charge < -0.3 is 20.1 Å². The van der Waals surface area contributed by atoms with Crippen molar-refractivity contribution in [3.8, 4) is 5.75 Å². The number of benzene rings is 2. The van der Waals surface area contributed by atoms with Gasteiger partial charge in [0.25, 0.3) is 0 Å². The minimum atomic E-state index is -0.384. The number of ether oxygens (including phenoxy) is 2. The molecule has 1 amide bonds. The van der Waals surface area contributed by atoms with Crippen molar-refractivity contribution in [3.05, 3.63) is 59.7 Å². The highest BCUT2D eigenvalue weighted by Gasteiger charge is 2.06. The number of rotatable bonds is 9. The molecule has 0 radical (unpaired) electrons. The molecular weight excluding hydrogens is 332 g/mol. The molecule has 0 fully saturated rings. The van der Waals surface area contributed by atoms with E-state index in [-0.39, 0.29) is 11.9 Å². The molecular formula is C20H24N2O4. The smallest absolute Gasteiger partial charge is 0.337 e. The first-order valence-electron chi connectivity index (χ1n) is 8.44. The summed E-state index contributed by atoms with van der Waals surface area (Å²) in [5, 5.41) is 6.03. The first-order chi connectivity index (χ1) is 12.6. The Morgan fingerprint density at radius 3 is 2.46 bits per heavy atom. The Morgan fingerprint density at radius 2 is 1.77 bits per heavy atom. The van der Waals surface area contributed by atoms with Crippen LogP contribution >= 0.6 is 0 Å². The summed E-state index contributed by atoms with van der Waals surface area (Å²) in [4.78, 5) is 23.4. The van der Waals surface area contributed by atoms with Gasteiger partial charge >= 0.3 is 5.97 Å². The Kier molecular flexibility index (Phi) is 7.49. The fraction of sp³-hybridized carbons (Fsp3) is 0.300. The van der Waals surface area contributed by atoms with Gasteiger partial charge in [-0.2, -0.15) is 0 Å². The second kappa shape index (κ2) is 10.1. The number of nitrogens with one attached hydrogen (secondary N) is 2. The third-order valence-electron chi connectivity index (χ3n) is 3.86. The third kappa shape index (κ3) is 6.12. The fourth-order valence-corrected chi connectivity index (χ4v) is 2.42. The Hall–Kier alpha value is -3.02. The molecule has 0 aromatic heterocycles. The molecule has 0 atom stereocenters. The number of anilines is 1. The molecule has 6 heteroatoms. The summed E-state index contributed by atoms with van der Waals surface area (Å²) >= 11 is 0. The van der Waals surface area contributed by atoms with Gasteiger partial charge in [-0.1, -0.05) is 18.2 Å². The number of amides is 1. The number of esters is 1. The van der Waals surface area contributed by atoms with Crippen molar-refractivity contribution in [3.63, 3.8) is 0 Å². The second-order valence-electron chi connectivity index (χ2n) is 5.70. The zero-order valence-electron chi connectivity index (χ0n) is 15.1. The quantitative estimate of drug-likeness (QED) is 0.676. The number of hydrogen-bond acceptors (Lipinski definition) is 5. The summed E-state index contributed by atoms with van der Waals surface area (Å²) in [6.45, 7) is 1.07. The standard InChI is InChI=1S/C20H24N2O4/c1-25-18-8-6-15(7-9-18)10-12-22-19(23)11-13-21-17-5-3-4-16(14-17)20(24)26-2/h3-9,14,21H,10-13H2,1-2H3,(H,22,23). The lowest BCUT2D eigenvalue weighted by Crippen LogP contribution is -2.27. The molecule has 0 unspecified atom stereocenters.